The summed E-state index contributed by atoms with van der Waals surface area (Å²) in [7, 11) is 1.62. The number of nitrogens with zero attached hydrogens (tertiary/aromatic N) is 2. The van der Waals surface area contributed by atoms with Crippen molar-refractivity contribution in [1.82, 2.24) is 9.55 Å². The van der Waals surface area contributed by atoms with E-state index in [2.05, 4.69) is 19.9 Å². The first kappa shape index (κ1) is 23.3. The second-order valence-electron chi connectivity index (χ2n) is 8.63. The van der Waals surface area contributed by atoms with E-state index in [4.69, 9.17) is 14.1 Å². The van der Waals surface area contributed by atoms with Crippen LogP contribution >= 0.6 is 11.8 Å². The maximum Gasteiger partial charge on any atom is 0.336 e. The fourth-order valence-corrected chi connectivity index (χ4v) is 5.30. The lowest BCUT2D eigenvalue weighted by Gasteiger charge is -2.19. The molecule has 0 amide bonds. The molecule has 33 heavy (non-hydrogen) atoms. The zero-order valence-corrected chi connectivity index (χ0v) is 20.4. The fourth-order valence-electron chi connectivity index (χ4n) is 4.21. The Morgan fingerprint density at radius 2 is 1.85 bits per heavy atom. The number of thioether (sulfide) groups is 1. The number of ether oxygens (including phenoxy) is 1. The van der Waals surface area contributed by atoms with E-state index in [1.54, 1.807) is 17.7 Å². The minimum atomic E-state index is -0.383. The number of methoxy groups -OCH3 is 1. The Bertz CT molecular complexity index is 1440. The predicted octanol–water partition coefficient (Wildman–Crippen LogP) is 5.43. The topological polar surface area (TPSA) is 74.3 Å². The number of para-hydroxylation sites is 1. The van der Waals surface area contributed by atoms with E-state index in [0.717, 1.165) is 16.5 Å². The number of aromatic nitrogens is 2. The molecule has 0 fully saturated rings. The van der Waals surface area contributed by atoms with Crippen molar-refractivity contribution in [2.45, 2.75) is 50.6 Å². The van der Waals surface area contributed by atoms with Gasteiger partial charge in [-0.1, -0.05) is 37.7 Å². The van der Waals surface area contributed by atoms with Crippen LogP contribution in [0.25, 0.3) is 21.9 Å². The molecule has 2 heterocycles. The van der Waals surface area contributed by atoms with Crippen LogP contribution in [0, 0.1) is 6.92 Å². The van der Waals surface area contributed by atoms with Gasteiger partial charge in [0, 0.05) is 24.3 Å². The van der Waals surface area contributed by atoms with Crippen LogP contribution in [0.1, 0.15) is 49.4 Å². The van der Waals surface area contributed by atoms with Gasteiger partial charge in [-0.25, -0.2) is 9.78 Å². The molecule has 1 unspecified atom stereocenters. The van der Waals surface area contributed by atoms with Gasteiger partial charge in [0.1, 0.15) is 5.58 Å². The number of aryl methyl sites for hydroxylation is 1. The molecule has 4 rings (SSSR count). The smallest absolute Gasteiger partial charge is 0.336 e. The molecule has 0 aliphatic heterocycles. The molecule has 2 aromatic carbocycles. The van der Waals surface area contributed by atoms with E-state index < -0.39 is 0 Å². The van der Waals surface area contributed by atoms with E-state index >= 15 is 0 Å². The highest BCUT2D eigenvalue weighted by atomic mass is 32.2. The van der Waals surface area contributed by atoms with Gasteiger partial charge in [-0.2, -0.15) is 0 Å². The Labute approximate surface area is 196 Å². The third-order valence-corrected chi connectivity index (χ3v) is 6.82. The van der Waals surface area contributed by atoms with Crippen LogP contribution in [0.4, 0.5) is 0 Å². The molecule has 2 aromatic heterocycles. The zero-order chi connectivity index (χ0) is 23.7. The van der Waals surface area contributed by atoms with Crippen molar-refractivity contribution in [2.75, 3.05) is 13.7 Å². The third kappa shape index (κ3) is 4.61. The number of benzene rings is 2. The van der Waals surface area contributed by atoms with E-state index in [-0.39, 0.29) is 17.2 Å². The molecule has 0 aliphatic carbocycles. The largest absolute Gasteiger partial charge is 0.423 e. The van der Waals surface area contributed by atoms with E-state index in [0.29, 0.717) is 39.9 Å². The second kappa shape index (κ2) is 9.53. The molecule has 0 saturated heterocycles. The summed E-state index contributed by atoms with van der Waals surface area (Å²) in [5.41, 5.74) is 3.94. The monoisotopic (exact) mass is 464 g/mol. The van der Waals surface area contributed by atoms with Gasteiger partial charge in [0.05, 0.1) is 23.6 Å². The summed E-state index contributed by atoms with van der Waals surface area (Å²) in [5, 5.41) is 2.09. The maximum atomic E-state index is 13.3. The van der Waals surface area contributed by atoms with Gasteiger partial charge in [-0.15, -0.1) is 0 Å². The number of hydrogen-bond donors (Lipinski definition) is 0. The zero-order valence-electron chi connectivity index (χ0n) is 19.5. The molecular weight excluding hydrogens is 436 g/mol. The van der Waals surface area contributed by atoms with Gasteiger partial charge in [0.15, 0.2) is 5.16 Å². The van der Waals surface area contributed by atoms with Crippen molar-refractivity contribution in [1.29, 1.82) is 0 Å². The first-order chi connectivity index (χ1) is 15.8. The lowest BCUT2D eigenvalue weighted by molar-refractivity contribution is 0.156. The lowest BCUT2D eigenvalue weighted by atomic mass is 9.95. The van der Waals surface area contributed by atoms with Gasteiger partial charge < -0.3 is 9.15 Å². The summed E-state index contributed by atoms with van der Waals surface area (Å²) in [6.07, 6.45) is 0. The molecule has 0 N–H and O–H groups in total. The molecule has 0 spiro atoms. The van der Waals surface area contributed by atoms with Crippen molar-refractivity contribution in [2.24, 2.45) is 0 Å². The maximum absolute atomic E-state index is 13.3. The van der Waals surface area contributed by atoms with E-state index in [1.165, 1.54) is 23.4 Å². The van der Waals surface area contributed by atoms with E-state index in [1.807, 2.05) is 38.1 Å². The Kier molecular flexibility index (Phi) is 6.72. The Morgan fingerprint density at radius 1 is 1.09 bits per heavy atom. The van der Waals surface area contributed by atoms with Crippen LogP contribution in [0.5, 0.6) is 0 Å². The molecule has 0 radical (unpaired) electrons. The molecule has 6 nitrogen and oxygen atoms in total. The summed E-state index contributed by atoms with van der Waals surface area (Å²) in [4.78, 5) is 30.3. The van der Waals surface area contributed by atoms with Gasteiger partial charge in [0.25, 0.3) is 5.56 Å². The van der Waals surface area contributed by atoms with Crippen LogP contribution in [-0.4, -0.2) is 23.3 Å². The summed E-state index contributed by atoms with van der Waals surface area (Å²) in [6, 6.07) is 12.8. The molecule has 7 heteroatoms. The van der Waals surface area contributed by atoms with Crippen molar-refractivity contribution >= 4 is 33.6 Å². The van der Waals surface area contributed by atoms with Crippen LogP contribution in [0.2, 0.25) is 0 Å². The minimum absolute atomic E-state index is 0.0946. The molecule has 4 aromatic rings. The number of rotatable bonds is 7. The Hall–Kier alpha value is -2.90. The van der Waals surface area contributed by atoms with Crippen LogP contribution in [0.15, 0.2) is 61.6 Å². The second-order valence-corrected chi connectivity index (χ2v) is 9.57. The minimum Gasteiger partial charge on any atom is -0.423 e. The summed E-state index contributed by atoms with van der Waals surface area (Å²) in [6.45, 7) is 8.66. The van der Waals surface area contributed by atoms with Crippen molar-refractivity contribution < 1.29 is 9.15 Å². The first-order valence-electron chi connectivity index (χ1n) is 11.0. The van der Waals surface area contributed by atoms with Gasteiger partial charge in [-0.05, 0) is 60.7 Å². The molecule has 0 bridgehead atoms. The predicted molar refractivity (Wildman–Crippen MR) is 133 cm³/mol. The molecule has 1 atom stereocenters. The molecule has 0 saturated carbocycles. The van der Waals surface area contributed by atoms with Gasteiger partial charge in [-0.3, -0.25) is 9.36 Å². The number of fused-ring (bicyclic) bond motifs is 2. The van der Waals surface area contributed by atoms with Crippen LogP contribution in [-0.2, 0) is 10.5 Å². The SMILES string of the molecule is COCC(C)n1c(SCc2cc(=O)oc3cc(C)c(C(C)C)cc23)nc2ccccc2c1=O. The highest BCUT2D eigenvalue weighted by molar-refractivity contribution is 7.98. The molecular formula is C26H28N2O4S. The third-order valence-electron chi connectivity index (χ3n) is 5.82. The molecule has 0 aliphatic rings. The quantitative estimate of drug-likeness (QED) is 0.206. The Morgan fingerprint density at radius 3 is 2.58 bits per heavy atom. The van der Waals surface area contributed by atoms with Gasteiger partial charge in [0.2, 0.25) is 0 Å². The lowest BCUT2D eigenvalue weighted by Crippen LogP contribution is -2.28. The summed E-state index contributed by atoms with van der Waals surface area (Å²) in [5.74, 6) is 0.830. The van der Waals surface area contributed by atoms with Crippen molar-refractivity contribution in [3.8, 4) is 0 Å². The normalized spacial score (nSPS) is 12.7. The van der Waals surface area contributed by atoms with Crippen LogP contribution < -0.4 is 11.2 Å². The summed E-state index contributed by atoms with van der Waals surface area (Å²) >= 11 is 1.44. The highest BCUT2D eigenvalue weighted by Crippen LogP contribution is 2.31. The highest BCUT2D eigenvalue weighted by Gasteiger charge is 2.18. The summed E-state index contributed by atoms with van der Waals surface area (Å²) < 4.78 is 12.5. The van der Waals surface area contributed by atoms with Crippen molar-refractivity contribution in [3.05, 3.63) is 79.9 Å². The fraction of sp³-hybridized carbons (Fsp3) is 0.346. The average molecular weight is 465 g/mol. The van der Waals surface area contributed by atoms with Crippen molar-refractivity contribution in [3.63, 3.8) is 0 Å². The van der Waals surface area contributed by atoms with Gasteiger partial charge >= 0.3 is 5.63 Å². The first-order valence-corrected chi connectivity index (χ1v) is 12.0. The van der Waals surface area contributed by atoms with Crippen LogP contribution in [0.3, 0.4) is 0 Å². The van der Waals surface area contributed by atoms with E-state index in [9.17, 15) is 9.59 Å². The number of hydrogen-bond acceptors (Lipinski definition) is 6. The standard InChI is InChI=1S/C26H28N2O4S/c1-15(2)20-12-21-18(11-24(29)32-23(21)10-16(20)3)14-33-26-27-22-9-7-6-8-19(22)25(30)28(26)17(4)13-31-5/h6-12,15,17H,13-14H2,1-5H3. The average Bonchev–Trinajstić information content (AvgIpc) is 2.76. The molecule has 172 valence electrons. The Balaban J connectivity index is 1.81.